The molecular weight excluding hydrogens is 136 g/mol. The zero-order chi connectivity index (χ0) is 8.27. The summed E-state index contributed by atoms with van der Waals surface area (Å²) in [5, 5.41) is 8.53. The third-order valence-electron chi connectivity index (χ3n) is 1.50. The zero-order valence-electron chi connectivity index (χ0n) is 6.33. The summed E-state index contributed by atoms with van der Waals surface area (Å²) in [7, 11) is 0. The quantitative estimate of drug-likeness (QED) is 0.556. The van der Waals surface area contributed by atoms with Gasteiger partial charge in [0.1, 0.15) is 0 Å². The molecule has 1 aromatic rings. The van der Waals surface area contributed by atoms with E-state index in [1.165, 1.54) is 0 Å². The molecule has 0 amide bonds. The normalized spacial score (nSPS) is 8.73. The topological polar surface area (TPSA) is 36.1 Å². The van der Waals surface area contributed by atoms with Crippen molar-refractivity contribution in [2.45, 2.75) is 6.92 Å². The molecule has 2 heteroatoms. The van der Waals surface area contributed by atoms with E-state index in [2.05, 4.69) is 17.8 Å². The van der Waals surface area contributed by atoms with E-state index in [1.54, 1.807) is 18.2 Å². The van der Waals surface area contributed by atoms with Crippen molar-refractivity contribution in [2.24, 2.45) is 4.99 Å². The molecule has 0 aliphatic carbocycles. The Hall–Kier alpha value is -1.62. The van der Waals surface area contributed by atoms with Crippen LogP contribution in [0.15, 0.2) is 23.2 Å². The highest BCUT2D eigenvalue weighted by molar-refractivity contribution is 5.53. The minimum Gasteiger partial charge on any atom is -0.264 e. The Kier molecular flexibility index (Phi) is 2.03. The van der Waals surface area contributed by atoms with Gasteiger partial charge in [-0.1, -0.05) is 0 Å². The summed E-state index contributed by atoms with van der Waals surface area (Å²) < 4.78 is 0. The Bertz CT molecular complexity index is 321. The Balaban J connectivity index is 3.22. The Labute approximate surface area is 65.8 Å². The fraction of sp³-hybridized carbons (Fsp3) is 0.111. The molecule has 11 heavy (non-hydrogen) atoms. The molecule has 1 rings (SSSR count). The lowest BCUT2D eigenvalue weighted by molar-refractivity contribution is 1.38. The van der Waals surface area contributed by atoms with Gasteiger partial charge in [0.2, 0.25) is 0 Å². The first-order valence-corrected chi connectivity index (χ1v) is 3.25. The predicted molar refractivity (Wildman–Crippen MR) is 45.1 cm³/mol. The van der Waals surface area contributed by atoms with Gasteiger partial charge in [-0.2, -0.15) is 5.26 Å². The van der Waals surface area contributed by atoms with Crippen LogP contribution in [0.5, 0.6) is 0 Å². The minimum absolute atomic E-state index is 0.662. The lowest BCUT2D eigenvalue weighted by atomic mass is 10.1. The van der Waals surface area contributed by atoms with E-state index in [1.807, 2.05) is 6.92 Å². The molecule has 0 aliphatic rings. The fourth-order valence-corrected chi connectivity index (χ4v) is 0.902. The second-order valence-electron chi connectivity index (χ2n) is 2.27. The Morgan fingerprint density at radius 1 is 1.55 bits per heavy atom. The molecule has 0 radical (unpaired) electrons. The minimum atomic E-state index is 0.662. The molecule has 2 nitrogen and oxygen atoms in total. The summed E-state index contributed by atoms with van der Waals surface area (Å²) in [5.41, 5.74) is 2.48. The molecule has 0 N–H and O–H groups in total. The lowest BCUT2D eigenvalue weighted by Crippen LogP contribution is -1.77. The first-order valence-electron chi connectivity index (χ1n) is 3.25. The number of nitrogens with zero attached hydrogens (tertiary/aromatic N) is 2. The lowest BCUT2D eigenvalue weighted by Gasteiger charge is -1.97. The third-order valence-corrected chi connectivity index (χ3v) is 1.50. The number of aliphatic imine (C=N–C) groups is 1. The molecule has 0 aliphatic heterocycles. The van der Waals surface area contributed by atoms with Crippen LogP contribution >= 0.6 is 0 Å². The van der Waals surface area contributed by atoms with Crippen molar-refractivity contribution in [3.63, 3.8) is 0 Å². The maximum absolute atomic E-state index is 8.53. The van der Waals surface area contributed by atoms with E-state index in [-0.39, 0.29) is 0 Å². The molecule has 0 unspecified atom stereocenters. The van der Waals surface area contributed by atoms with Crippen molar-refractivity contribution < 1.29 is 0 Å². The van der Waals surface area contributed by atoms with Gasteiger partial charge in [0.05, 0.1) is 17.3 Å². The number of hydrogen-bond donors (Lipinski definition) is 0. The first kappa shape index (κ1) is 7.49. The van der Waals surface area contributed by atoms with E-state index in [0.717, 1.165) is 11.3 Å². The predicted octanol–water partition coefficient (Wildman–Crippen LogP) is 2.20. The number of aryl methyl sites for hydroxylation is 1. The van der Waals surface area contributed by atoms with Crippen molar-refractivity contribution >= 4 is 12.4 Å². The standard InChI is InChI=1S/C9H8N2/c1-7-5-8(6-10)3-4-9(7)11-2/h3-5H,2H2,1H3. The summed E-state index contributed by atoms with van der Waals surface area (Å²) in [6, 6.07) is 7.38. The van der Waals surface area contributed by atoms with Gasteiger partial charge in [0.15, 0.2) is 0 Å². The van der Waals surface area contributed by atoms with Crippen LogP contribution in [-0.2, 0) is 0 Å². The smallest absolute Gasteiger partial charge is 0.0991 e. The summed E-state index contributed by atoms with van der Waals surface area (Å²) in [6.45, 7) is 5.32. The van der Waals surface area contributed by atoms with Crippen molar-refractivity contribution in [3.05, 3.63) is 29.3 Å². The summed E-state index contributed by atoms with van der Waals surface area (Å²) >= 11 is 0. The van der Waals surface area contributed by atoms with Gasteiger partial charge >= 0.3 is 0 Å². The van der Waals surface area contributed by atoms with Gasteiger partial charge in [-0.25, -0.2) is 0 Å². The van der Waals surface area contributed by atoms with Crippen molar-refractivity contribution in [2.75, 3.05) is 0 Å². The Morgan fingerprint density at radius 2 is 2.27 bits per heavy atom. The Morgan fingerprint density at radius 3 is 2.73 bits per heavy atom. The van der Waals surface area contributed by atoms with E-state index >= 15 is 0 Å². The molecule has 0 fully saturated rings. The highest BCUT2D eigenvalue weighted by atomic mass is 14.7. The molecule has 0 spiro atoms. The van der Waals surface area contributed by atoms with E-state index in [0.29, 0.717) is 5.56 Å². The zero-order valence-corrected chi connectivity index (χ0v) is 6.33. The van der Waals surface area contributed by atoms with Gasteiger partial charge in [-0.05, 0) is 37.4 Å². The van der Waals surface area contributed by atoms with Crippen LogP contribution in [-0.4, -0.2) is 6.72 Å². The number of rotatable bonds is 1. The summed E-state index contributed by atoms with van der Waals surface area (Å²) in [4.78, 5) is 3.79. The SMILES string of the molecule is C=Nc1ccc(C#N)cc1C. The monoisotopic (exact) mass is 144 g/mol. The number of hydrogen-bond acceptors (Lipinski definition) is 2. The van der Waals surface area contributed by atoms with E-state index in [4.69, 9.17) is 5.26 Å². The van der Waals surface area contributed by atoms with Crippen LogP contribution in [0.2, 0.25) is 0 Å². The van der Waals surface area contributed by atoms with E-state index in [9.17, 15) is 0 Å². The highest BCUT2D eigenvalue weighted by Gasteiger charge is 1.95. The highest BCUT2D eigenvalue weighted by Crippen LogP contribution is 2.17. The fourth-order valence-electron chi connectivity index (χ4n) is 0.902. The molecule has 0 bridgehead atoms. The average Bonchev–Trinajstić information content (AvgIpc) is 2.04. The van der Waals surface area contributed by atoms with Gasteiger partial charge in [0, 0.05) is 0 Å². The van der Waals surface area contributed by atoms with Crippen molar-refractivity contribution in [1.29, 1.82) is 5.26 Å². The maximum atomic E-state index is 8.53. The van der Waals surface area contributed by atoms with Gasteiger partial charge in [0.25, 0.3) is 0 Å². The molecule has 0 atom stereocenters. The summed E-state index contributed by atoms with van der Waals surface area (Å²) in [5.74, 6) is 0. The van der Waals surface area contributed by atoms with Crippen molar-refractivity contribution in [1.82, 2.24) is 0 Å². The molecule has 0 aromatic heterocycles. The number of benzene rings is 1. The van der Waals surface area contributed by atoms with Crippen LogP contribution in [0.4, 0.5) is 5.69 Å². The van der Waals surface area contributed by atoms with Crippen LogP contribution in [0.3, 0.4) is 0 Å². The van der Waals surface area contributed by atoms with Gasteiger partial charge < -0.3 is 0 Å². The maximum Gasteiger partial charge on any atom is 0.0991 e. The van der Waals surface area contributed by atoms with Crippen molar-refractivity contribution in [3.8, 4) is 6.07 Å². The largest absolute Gasteiger partial charge is 0.264 e. The van der Waals surface area contributed by atoms with Crippen LogP contribution in [0, 0.1) is 18.3 Å². The molecule has 0 saturated heterocycles. The molecule has 1 aromatic carbocycles. The second-order valence-corrected chi connectivity index (χ2v) is 2.27. The first-order chi connectivity index (χ1) is 5.27. The molecule has 54 valence electrons. The second kappa shape index (κ2) is 2.98. The van der Waals surface area contributed by atoms with Gasteiger partial charge in [-0.3, -0.25) is 4.99 Å². The molecule has 0 heterocycles. The molecular formula is C9H8N2. The van der Waals surface area contributed by atoms with Crippen LogP contribution < -0.4 is 0 Å². The van der Waals surface area contributed by atoms with Crippen LogP contribution in [0.25, 0.3) is 0 Å². The summed E-state index contributed by atoms with van der Waals surface area (Å²) in [6.07, 6.45) is 0. The number of nitriles is 1. The van der Waals surface area contributed by atoms with E-state index < -0.39 is 0 Å². The third kappa shape index (κ3) is 1.44. The molecule has 0 saturated carbocycles. The average molecular weight is 144 g/mol. The van der Waals surface area contributed by atoms with Crippen LogP contribution in [0.1, 0.15) is 11.1 Å². The van der Waals surface area contributed by atoms with Gasteiger partial charge in [-0.15, -0.1) is 0 Å².